The van der Waals surface area contributed by atoms with Gasteiger partial charge < -0.3 is 14.6 Å². The van der Waals surface area contributed by atoms with Crippen molar-refractivity contribution in [3.63, 3.8) is 0 Å². The Kier molecular flexibility index (Phi) is 3.47. The van der Waals surface area contributed by atoms with Crippen molar-refractivity contribution in [1.29, 1.82) is 0 Å². The molecule has 92 valence electrons. The molecule has 1 N–H and O–H groups in total. The Morgan fingerprint density at radius 2 is 2.18 bits per heavy atom. The zero-order chi connectivity index (χ0) is 12.4. The first-order valence-electron chi connectivity index (χ1n) is 5.23. The molecule has 17 heavy (non-hydrogen) atoms. The lowest BCUT2D eigenvalue weighted by Gasteiger charge is -2.33. The maximum absolute atomic E-state index is 11.0. The number of hydrogen-bond donors (Lipinski definition) is 1. The van der Waals surface area contributed by atoms with Crippen LogP contribution in [-0.4, -0.2) is 31.0 Å². The lowest BCUT2D eigenvalue weighted by atomic mass is 9.98. The minimum absolute atomic E-state index is 0.0439. The quantitative estimate of drug-likeness (QED) is 0.892. The van der Waals surface area contributed by atoms with E-state index in [2.05, 4.69) is 0 Å². The van der Waals surface area contributed by atoms with E-state index in [1.165, 1.54) is 0 Å². The van der Waals surface area contributed by atoms with Crippen LogP contribution in [0.4, 0.5) is 0 Å². The van der Waals surface area contributed by atoms with Gasteiger partial charge in [0.15, 0.2) is 0 Å². The molecule has 0 saturated carbocycles. The molecule has 1 aromatic carbocycles. The monoisotopic (exact) mass is 254 g/mol. The van der Waals surface area contributed by atoms with Gasteiger partial charge >= 0.3 is 5.97 Å². The number of carbonyl (C=O) groups is 1. The summed E-state index contributed by atoms with van der Waals surface area (Å²) >= 11 is 1.63. The van der Waals surface area contributed by atoms with Gasteiger partial charge in [-0.15, -0.1) is 0 Å². The van der Waals surface area contributed by atoms with Crippen molar-refractivity contribution in [1.82, 2.24) is 0 Å². The average molecular weight is 254 g/mol. The highest BCUT2D eigenvalue weighted by atomic mass is 32.2. The Morgan fingerprint density at radius 1 is 1.41 bits per heavy atom. The average Bonchev–Trinajstić information content (AvgIpc) is 2.26. The molecule has 5 heteroatoms. The molecule has 0 spiro atoms. The van der Waals surface area contributed by atoms with Crippen LogP contribution in [0.1, 0.15) is 10.8 Å². The van der Waals surface area contributed by atoms with Crippen LogP contribution in [0.25, 0.3) is 0 Å². The third-order valence-electron chi connectivity index (χ3n) is 2.88. The second-order valence-corrected chi connectivity index (χ2v) is 4.98. The highest BCUT2D eigenvalue weighted by Gasteiger charge is 2.40. The predicted molar refractivity (Wildman–Crippen MR) is 65.9 cm³/mol. The van der Waals surface area contributed by atoms with Crippen LogP contribution in [0, 0.1) is 5.92 Å². The maximum Gasteiger partial charge on any atom is 0.308 e. The van der Waals surface area contributed by atoms with Gasteiger partial charge in [-0.1, -0.05) is 0 Å². The minimum Gasteiger partial charge on any atom is -0.497 e. The van der Waals surface area contributed by atoms with Crippen molar-refractivity contribution >= 4 is 17.7 Å². The molecule has 1 heterocycles. The SMILES string of the molecule is COc1ccc(OC)c(C2SCC2C(=O)O)c1. The number of hydrogen-bond acceptors (Lipinski definition) is 4. The van der Waals surface area contributed by atoms with Gasteiger partial charge in [0.2, 0.25) is 0 Å². The maximum atomic E-state index is 11.0. The molecule has 0 radical (unpaired) electrons. The normalized spacial score (nSPS) is 22.7. The van der Waals surface area contributed by atoms with Gasteiger partial charge in [-0.25, -0.2) is 0 Å². The summed E-state index contributed by atoms with van der Waals surface area (Å²) in [6.45, 7) is 0. The number of benzene rings is 1. The van der Waals surface area contributed by atoms with Crippen LogP contribution in [0.2, 0.25) is 0 Å². The fraction of sp³-hybridized carbons (Fsp3) is 0.417. The van der Waals surface area contributed by atoms with Gasteiger partial charge in [0.25, 0.3) is 0 Å². The molecule has 2 rings (SSSR count). The van der Waals surface area contributed by atoms with Crippen LogP contribution < -0.4 is 9.47 Å². The van der Waals surface area contributed by atoms with E-state index in [1.807, 2.05) is 12.1 Å². The van der Waals surface area contributed by atoms with Crippen LogP contribution in [-0.2, 0) is 4.79 Å². The molecule has 1 aromatic rings. The molecular weight excluding hydrogens is 240 g/mol. The number of carboxylic acid groups (broad SMARTS) is 1. The Bertz CT molecular complexity index is 433. The predicted octanol–water partition coefficient (Wildman–Crippen LogP) is 2.19. The second kappa shape index (κ2) is 4.87. The summed E-state index contributed by atoms with van der Waals surface area (Å²) in [6.07, 6.45) is 0. The molecule has 2 atom stereocenters. The zero-order valence-electron chi connectivity index (χ0n) is 9.67. The first-order valence-corrected chi connectivity index (χ1v) is 6.28. The van der Waals surface area contributed by atoms with Crippen LogP contribution in [0.5, 0.6) is 11.5 Å². The fourth-order valence-electron chi connectivity index (χ4n) is 1.86. The zero-order valence-corrected chi connectivity index (χ0v) is 10.5. The second-order valence-electron chi connectivity index (χ2n) is 3.81. The summed E-state index contributed by atoms with van der Waals surface area (Å²) in [4.78, 5) is 11.0. The first kappa shape index (κ1) is 12.1. The fourth-order valence-corrected chi connectivity index (χ4v) is 3.06. The van der Waals surface area contributed by atoms with E-state index < -0.39 is 5.97 Å². The summed E-state index contributed by atoms with van der Waals surface area (Å²) in [5.41, 5.74) is 0.899. The third-order valence-corrected chi connectivity index (χ3v) is 4.37. The molecule has 0 bridgehead atoms. The van der Waals surface area contributed by atoms with Crippen molar-refractivity contribution < 1.29 is 19.4 Å². The van der Waals surface area contributed by atoms with Crippen molar-refractivity contribution in [2.45, 2.75) is 5.25 Å². The number of ether oxygens (including phenoxy) is 2. The van der Waals surface area contributed by atoms with E-state index in [1.54, 1.807) is 32.0 Å². The Balaban J connectivity index is 2.32. The van der Waals surface area contributed by atoms with Gasteiger partial charge in [0.1, 0.15) is 11.5 Å². The number of rotatable bonds is 4. The molecule has 1 fully saturated rings. The number of thioether (sulfide) groups is 1. The molecule has 1 saturated heterocycles. The van der Waals surface area contributed by atoms with Crippen molar-refractivity contribution in [3.05, 3.63) is 23.8 Å². The highest BCUT2D eigenvalue weighted by molar-refractivity contribution is 8.01. The van der Waals surface area contributed by atoms with Gasteiger partial charge in [0, 0.05) is 16.6 Å². The van der Waals surface area contributed by atoms with Crippen LogP contribution in [0.15, 0.2) is 18.2 Å². The summed E-state index contributed by atoms with van der Waals surface area (Å²) in [5.74, 6) is 1.01. The summed E-state index contributed by atoms with van der Waals surface area (Å²) < 4.78 is 10.4. The number of carboxylic acids is 1. The molecule has 4 nitrogen and oxygen atoms in total. The summed E-state index contributed by atoms with van der Waals surface area (Å²) in [5, 5.41) is 9.03. The molecule has 1 aliphatic rings. The van der Waals surface area contributed by atoms with Crippen LogP contribution >= 0.6 is 11.8 Å². The number of aliphatic carboxylic acids is 1. The van der Waals surface area contributed by atoms with Crippen LogP contribution in [0.3, 0.4) is 0 Å². The molecule has 0 aliphatic carbocycles. The van der Waals surface area contributed by atoms with Crippen molar-refractivity contribution in [2.24, 2.45) is 5.92 Å². The molecular formula is C12H14O4S. The Morgan fingerprint density at radius 3 is 2.65 bits per heavy atom. The van der Waals surface area contributed by atoms with Gasteiger partial charge in [0.05, 0.1) is 20.1 Å². The molecule has 0 amide bonds. The molecule has 1 aliphatic heterocycles. The third kappa shape index (κ3) is 2.20. The van der Waals surface area contributed by atoms with E-state index in [-0.39, 0.29) is 11.2 Å². The highest BCUT2D eigenvalue weighted by Crippen LogP contribution is 2.50. The lowest BCUT2D eigenvalue weighted by Crippen LogP contribution is -2.31. The van der Waals surface area contributed by atoms with Gasteiger partial charge in [-0.05, 0) is 18.2 Å². The Hall–Kier alpha value is -1.36. The largest absolute Gasteiger partial charge is 0.497 e. The smallest absolute Gasteiger partial charge is 0.308 e. The van der Waals surface area contributed by atoms with Gasteiger partial charge in [-0.3, -0.25) is 4.79 Å². The van der Waals surface area contributed by atoms with E-state index in [0.29, 0.717) is 11.5 Å². The summed E-state index contributed by atoms with van der Waals surface area (Å²) in [7, 11) is 3.18. The van der Waals surface area contributed by atoms with Gasteiger partial charge in [-0.2, -0.15) is 11.8 Å². The lowest BCUT2D eigenvalue weighted by molar-refractivity contribution is -0.141. The van der Waals surface area contributed by atoms with E-state index >= 15 is 0 Å². The Labute approximate surface area is 104 Å². The number of methoxy groups -OCH3 is 2. The van der Waals surface area contributed by atoms with E-state index in [0.717, 1.165) is 11.3 Å². The minimum atomic E-state index is -0.751. The topological polar surface area (TPSA) is 55.8 Å². The molecule has 2 unspecified atom stereocenters. The van der Waals surface area contributed by atoms with Crippen molar-refractivity contribution in [2.75, 3.05) is 20.0 Å². The van der Waals surface area contributed by atoms with E-state index in [4.69, 9.17) is 14.6 Å². The molecule has 0 aromatic heterocycles. The van der Waals surface area contributed by atoms with E-state index in [9.17, 15) is 4.79 Å². The van der Waals surface area contributed by atoms with Crippen molar-refractivity contribution in [3.8, 4) is 11.5 Å². The first-order chi connectivity index (χ1) is 8.17. The summed E-state index contributed by atoms with van der Waals surface area (Å²) in [6, 6.07) is 5.47. The standard InChI is InChI=1S/C12H14O4S/c1-15-7-3-4-10(16-2)8(5-7)11-9(6-17-11)12(13)14/h3-5,9,11H,6H2,1-2H3,(H,13,14).